The molecule has 1 aliphatic heterocycles. The number of fused-ring (bicyclic) bond motifs is 1. The molecule has 2 aromatic carbocycles. The molecule has 5 rings (SSSR count). The van der Waals surface area contributed by atoms with Crippen molar-refractivity contribution in [2.45, 2.75) is 31.5 Å². The van der Waals surface area contributed by atoms with E-state index in [1.54, 1.807) is 23.6 Å². The topological polar surface area (TPSA) is 92.4 Å². The number of anilines is 2. The fourth-order valence-electron chi connectivity index (χ4n) is 4.01. The summed E-state index contributed by atoms with van der Waals surface area (Å²) < 4.78 is 21.6. The van der Waals surface area contributed by atoms with E-state index >= 15 is 0 Å². The van der Waals surface area contributed by atoms with Crippen molar-refractivity contribution in [3.8, 4) is 11.1 Å². The third-order valence-corrected chi connectivity index (χ3v) is 6.40. The molecule has 0 aliphatic carbocycles. The summed E-state index contributed by atoms with van der Waals surface area (Å²) in [5, 5.41) is 24.9. The second-order valence-corrected chi connectivity index (χ2v) is 8.42. The van der Waals surface area contributed by atoms with Crippen LogP contribution in [0.2, 0.25) is 0 Å². The summed E-state index contributed by atoms with van der Waals surface area (Å²) in [7, 11) is 0. The Labute approximate surface area is 191 Å². The van der Waals surface area contributed by atoms with Crippen LogP contribution < -0.4 is 5.32 Å². The number of nitrogens with one attached hydrogen (secondary N) is 1. The van der Waals surface area contributed by atoms with Crippen molar-refractivity contribution in [3.63, 3.8) is 0 Å². The van der Waals surface area contributed by atoms with Gasteiger partial charge >= 0.3 is 0 Å². The number of aliphatic hydroxyl groups is 2. The van der Waals surface area contributed by atoms with Crippen LogP contribution in [0, 0.1) is 5.82 Å². The van der Waals surface area contributed by atoms with Gasteiger partial charge in [0, 0.05) is 11.3 Å². The van der Waals surface area contributed by atoms with Crippen LogP contribution in [-0.4, -0.2) is 43.1 Å². The predicted molar refractivity (Wildman–Crippen MR) is 122 cm³/mol. The first-order valence-electron chi connectivity index (χ1n) is 10.1. The number of rotatable bonds is 4. The largest absolute Gasteiger partial charge is 0.388 e. The van der Waals surface area contributed by atoms with E-state index in [0.717, 1.165) is 11.1 Å². The van der Waals surface area contributed by atoms with Crippen LogP contribution in [-0.2, 0) is 4.74 Å². The Morgan fingerprint density at radius 3 is 2.41 bits per heavy atom. The smallest absolute Gasteiger partial charge is 0.165 e. The maximum Gasteiger partial charge on any atom is 0.165 e. The Kier molecular flexibility index (Phi) is 5.42. The van der Waals surface area contributed by atoms with Crippen molar-refractivity contribution in [1.82, 2.24) is 14.5 Å². The van der Waals surface area contributed by atoms with Gasteiger partial charge < -0.3 is 20.3 Å². The van der Waals surface area contributed by atoms with Gasteiger partial charge in [0.25, 0.3) is 0 Å². The van der Waals surface area contributed by atoms with Gasteiger partial charge in [-0.25, -0.2) is 14.4 Å². The lowest BCUT2D eigenvalue weighted by Crippen LogP contribution is -2.30. The maximum absolute atomic E-state index is 13.4. The second kappa shape index (κ2) is 8.25. The van der Waals surface area contributed by atoms with Gasteiger partial charge in [-0.15, -0.1) is 0 Å². The molecule has 7 nitrogen and oxygen atoms in total. The molecule has 0 amide bonds. The van der Waals surface area contributed by atoms with Crippen LogP contribution in [0.5, 0.6) is 0 Å². The third-order valence-electron chi connectivity index (χ3n) is 5.62. The van der Waals surface area contributed by atoms with Crippen molar-refractivity contribution in [2.24, 2.45) is 0 Å². The maximum atomic E-state index is 13.4. The van der Waals surface area contributed by atoms with Gasteiger partial charge in [-0.2, -0.15) is 0 Å². The molecule has 1 saturated heterocycles. The molecule has 1 fully saturated rings. The highest BCUT2D eigenvalue weighted by molar-refractivity contribution is 9.10. The molecule has 164 valence electrons. The standard InChI is InChI=1S/C23H20BrFN4O3/c1-12-18(30)19(31)23(32-12)29-20(24)16(13-5-3-2-4-6-13)17-21(26-11-27-22(17)29)28-15-9-7-14(25)8-10-15/h2-12,18-19,23,30-31H,1H3,(H,26,27,28)/t12-,18-,19-,23-/m1/s1. The van der Waals surface area contributed by atoms with Gasteiger partial charge in [0.1, 0.15) is 35.8 Å². The average molecular weight is 499 g/mol. The number of hydrogen-bond acceptors (Lipinski definition) is 6. The zero-order valence-electron chi connectivity index (χ0n) is 17.0. The second-order valence-electron chi connectivity index (χ2n) is 7.67. The summed E-state index contributed by atoms with van der Waals surface area (Å²) in [6, 6.07) is 15.7. The normalized spacial score (nSPS) is 23.0. The summed E-state index contributed by atoms with van der Waals surface area (Å²) in [5.41, 5.74) is 2.88. The highest BCUT2D eigenvalue weighted by Gasteiger charge is 2.43. The predicted octanol–water partition coefficient (Wildman–Crippen LogP) is 4.38. The Balaban J connectivity index is 1.74. The lowest BCUT2D eigenvalue weighted by molar-refractivity contribution is -0.0308. The van der Waals surface area contributed by atoms with Gasteiger partial charge in [-0.05, 0) is 52.7 Å². The number of aliphatic hydroxyl groups excluding tert-OH is 2. The van der Waals surface area contributed by atoms with Crippen LogP contribution in [0.3, 0.4) is 0 Å². The summed E-state index contributed by atoms with van der Waals surface area (Å²) in [4.78, 5) is 8.92. The number of nitrogens with zero attached hydrogens (tertiary/aromatic N) is 3. The van der Waals surface area contributed by atoms with Crippen LogP contribution >= 0.6 is 15.9 Å². The number of ether oxygens (including phenoxy) is 1. The molecule has 4 aromatic rings. The Bertz CT molecular complexity index is 1270. The zero-order valence-corrected chi connectivity index (χ0v) is 18.6. The molecule has 9 heteroatoms. The fourth-order valence-corrected chi connectivity index (χ4v) is 4.81. The van der Waals surface area contributed by atoms with E-state index in [9.17, 15) is 14.6 Å². The lowest BCUT2D eigenvalue weighted by atomic mass is 10.1. The van der Waals surface area contributed by atoms with E-state index in [1.165, 1.54) is 18.5 Å². The van der Waals surface area contributed by atoms with Crippen LogP contribution in [0.1, 0.15) is 13.2 Å². The van der Waals surface area contributed by atoms with E-state index in [1.807, 2.05) is 30.3 Å². The zero-order chi connectivity index (χ0) is 22.4. The van der Waals surface area contributed by atoms with Crippen LogP contribution in [0.15, 0.2) is 65.5 Å². The summed E-state index contributed by atoms with van der Waals surface area (Å²) >= 11 is 3.68. The van der Waals surface area contributed by atoms with Gasteiger partial charge in [0.2, 0.25) is 0 Å². The van der Waals surface area contributed by atoms with Crippen molar-refractivity contribution in [3.05, 3.63) is 71.3 Å². The SMILES string of the molecule is C[C@H]1O[C@@H](n2c(Br)c(-c3ccccc3)c3c(Nc4ccc(F)cc4)ncnc32)[C@H](O)[C@@H]1O. The first-order valence-corrected chi connectivity index (χ1v) is 10.9. The number of benzene rings is 2. The first-order chi connectivity index (χ1) is 15.5. The summed E-state index contributed by atoms with van der Waals surface area (Å²) in [5.74, 6) is 0.184. The summed E-state index contributed by atoms with van der Waals surface area (Å²) in [6.45, 7) is 1.71. The van der Waals surface area contributed by atoms with E-state index in [0.29, 0.717) is 27.1 Å². The molecule has 4 atom stereocenters. The Hall–Kier alpha value is -2.85. The average Bonchev–Trinajstić information content (AvgIpc) is 3.23. The molecule has 3 heterocycles. The highest BCUT2D eigenvalue weighted by Crippen LogP contribution is 2.45. The fraction of sp³-hybridized carbons (Fsp3) is 0.217. The van der Waals surface area contributed by atoms with Crippen LogP contribution in [0.25, 0.3) is 22.2 Å². The molecule has 0 unspecified atom stereocenters. The van der Waals surface area contributed by atoms with Gasteiger partial charge in [-0.1, -0.05) is 30.3 Å². The molecule has 0 spiro atoms. The van der Waals surface area contributed by atoms with E-state index < -0.39 is 24.5 Å². The highest BCUT2D eigenvalue weighted by atomic mass is 79.9. The monoisotopic (exact) mass is 498 g/mol. The molecule has 1 aliphatic rings. The van der Waals surface area contributed by atoms with Crippen molar-refractivity contribution >= 4 is 38.5 Å². The van der Waals surface area contributed by atoms with Crippen LogP contribution in [0.4, 0.5) is 15.9 Å². The first kappa shape index (κ1) is 21.0. The Morgan fingerprint density at radius 1 is 1.03 bits per heavy atom. The quantitative estimate of drug-likeness (QED) is 0.386. The van der Waals surface area contributed by atoms with E-state index in [4.69, 9.17) is 4.74 Å². The summed E-state index contributed by atoms with van der Waals surface area (Å²) in [6.07, 6.45) is -2.14. The molecular formula is C23H20BrFN4O3. The molecular weight excluding hydrogens is 479 g/mol. The number of hydrogen-bond donors (Lipinski definition) is 3. The molecule has 0 radical (unpaired) electrons. The Morgan fingerprint density at radius 2 is 1.75 bits per heavy atom. The lowest BCUT2D eigenvalue weighted by Gasteiger charge is -2.19. The molecule has 0 bridgehead atoms. The van der Waals surface area contributed by atoms with Crippen molar-refractivity contribution in [1.29, 1.82) is 0 Å². The van der Waals surface area contributed by atoms with E-state index in [2.05, 4.69) is 31.2 Å². The van der Waals surface area contributed by atoms with Gasteiger partial charge in [0.05, 0.1) is 16.1 Å². The van der Waals surface area contributed by atoms with Gasteiger partial charge in [0.15, 0.2) is 6.23 Å². The number of halogens is 2. The minimum absolute atomic E-state index is 0.331. The number of aromatic nitrogens is 3. The van der Waals surface area contributed by atoms with Crippen molar-refractivity contribution in [2.75, 3.05) is 5.32 Å². The molecule has 3 N–H and O–H groups in total. The minimum atomic E-state index is -1.14. The third kappa shape index (κ3) is 3.47. The molecule has 0 saturated carbocycles. The molecule has 2 aromatic heterocycles. The van der Waals surface area contributed by atoms with E-state index in [-0.39, 0.29) is 5.82 Å². The molecule has 32 heavy (non-hydrogen) atoms. The van der Waals surface area contributed by atoms with Gasteiger partial charge in [-0.3, -0.25) is 4.57 Å². The van der Waals surface area contributed by atoms with Crippen molar-refractivity contribution < 1.29 is 19.3 Å². The minimum Gasteiger partial charge on any atom is -0.388 e.